The fraction of sp³-hybridized carbons (Fsp3) is 0.350. The molecule has 0 bridgehead atoms. The second kappa shape index (κ2) is 6.70. The molecule has 3 aromatic rings. The van der Waals surface area contributed by atoms with Crippen LogP contribution in [-0.2, 0) is 7.05 Å². The Balaban J connectivity index is 1.26. The molecule has 0 N–H and O–H groups in total. The Morgan fingerprint density at radius 1 is 1.14 bits per heavy atom. The van der Waals surface area contributed by atoms with Crippen molar-refractivity contribution in [2.75, 3.05) is 19.9 Å². The van der Waals surface area contributed by atoms with Crippen LogP contribution in [0, 0.1) is 0 Å². The van der Waals surface area contributed by atoms with Gasteiger partial charge in [-0.15, -0.1) is 0 Å². The van der Waals surface area contributed by atoms with Gasteiger partial charge in [-0.2, -0.15) is 4.98 Å². The third-order valence-corrected chi connectivity index (χ3v) is 5.37. The van der Waals surface area contributed by atoms with Crippen LogP contribution in [0.2, 0.25) is 0 Å². The molecule has 1 saturated heterocycles. The van der Waals surface area contributed by atoms with Crippen LogP contribution in [0.1, 0.15) is 35.1 Å². The Bertz CT molecular complexity index is 1020. The molecule has 0 unspecified atom stereocenters. The van der Waals surface area contributed by atoms with Gasteiger partial charge in [-0.3, -0.25) is 4.79 Å². The van der Waals surface area contributed by atoms with E-state index in [-0.39, 0.29) is 18.6 Å². The number of fused-ring (bicyclic) bond motifs is 1. The highest BCUT2D eigenvalue weighted by atomic mass is 16.7. The third kappa shape index (κ3) is 2.90. The number of rotatable bonds is 3. The first-order valence-corrected chi connectivity index (χ1v) is 9.33. The van der Waals surface area contributed by atoms with E-state index in [1.165, 1.54) is 0 Å². The maximum Gasteiger partial charge on any atom is 0.270 e. The number of amides is 1. The summed E-state index contributed by atoms with van der Waals surface area (Å²) in [6, 6.07) is 9.34. The Kier molecular flexibility index (Phi) is 4.03. The molecule has 2 aliphatic heterocycles. The fourth-order valence-electron chi connectivity index (χ4n) is 3.73. The molecule has 0 saturated carbocycles. The standard InChI is InChI=1S/C20H20N4O4/c1-23-8-2-3-15(23)20(25)24-9-6-13(7-10-24)19-21-18(22-28-19)14-4-5-16-17(11-14)27-12-26-16/h2-5,8,11,13H,6-7,9-10,12H2,1H3. The summed E-state index contributed by atoms with van der Waals surface area (Å²) in [6.45, 7) is 1.59. The molecule has 2 aliphatic rings. The van der Waals surface area contributed by atoms with Gasteiger partial charge in [-0.25, -0.2) is 0 Å². The van der Waals surface area contributed by atoms with E-state index in [1.807, 2.05) is 53.0 Å². The van der Waals surface area contributed by atoms with E-state index in [1.54, 1.807) is 0 Å². The first-order valence-electron chi connectivity index (χ1n) is 9.33. The molecule has 1 aromatic carbocycles. The summed E-state index contributed by atoms with van der Waals surface area (Å²) in [4.78, 5) is 19.1. The van der Waals surface area contributed by atoms with Crippen LogP contribution < -0.4 is 9.47 Å². The zero-order valence-electron chi connectivity index (χ0n) is 15.5. The lowest BCUT2D eigenvalue weighted by atomic mass is 9.96. The molecule has 0 atom stereocenters. The van der Waals surface area contributed by atoms with Crippen molar-refractivity contribution in [3.05, 3.63) is 48.1 Å². The van der Waals surface area contributed by atoms with Crippen molar-refractivity contribution in [3.8, 4) is 22.9 Å². The van der Waals surface area contributed by atoms with Crippen molar-refractivity contribution in [2.24, 2.45) is 7.05 Å². The highest BCUT2D eigenvalue weighted by molar-refractivity contribution is 5.92. The van der Waals surface area contributed by atoms with Gasteiger partial charge in [-0.1, -0.05) is 5.16 Å². The predicted octanol–water partition coefficient (Wildman–Crippen LogP) is 2.82. The number of ether oxygens (including phenoxy) is 2. The molecule has 4 heterocycles. The van der Waals surface area contributed by atoms with Crippen molar-refractivity contribution in [2.45, 2.75) is 18.8 Å². The summed E-state index contributed by atoms with van der Waals surface area (Å²) in [7, 11) is 1.89. The number of aromatic nitrogens is 3. The van der Waals surface area contributed by atoms with Crippen molar-refractivity contribution in [3.63, 3.8) is 0 Å². The van der Waals surface area contributed by atoms with Gasteiger partial charge in [0.2, 0.25) is 18.5 Å². The van der Waals surface area contributed by atoms with Gasteiger partial charge in [0.15, 0.2) is 11.5 Å². The normalized spacial score (nSPS) is 16.5. The lowest BCUT2D eigenvalue weighted by Crippen LogP contribution is -2.38. The Morgan fingerprint density at radius 3 is 2.75 bits per heavy atom. The second-order valence-electron chi connectivity index (χ2n) is 7.10. The van der Waals surface area contributed by atoms with Crippen LogP contribution in [0.4, 0.5) is 0 Å². The molecule has 28 heavy (non-hydrogen) atoms. The smallest absolute Gasteiger partial charge is 0.270 e. The van der Waals surface area contributed by atoms with Gasteiger partial charge in [-0.05, 0) is 43.2 Å². The first-order chi connectivity index (χ1) is 13.7. The molecule has 0 aliphatic carbocycles. The fourth-order valence-corrected chi connectivity index (χ4v) is 3.73. The summed E-state index contributed by atoms with van der Waals surface area (Å²) < 4.78 is 18.1. The van der Waals surface area contributed by atoms with Gasteiger partial charge in [0.05, 0.1) is 0 Å². The largest absolute Gasteiger partial charge is 0.454 e. The molecule has 8 nitrogen and oxygen atoms in total. The van der Waals surface area contributed by atoms with Crippen molar-refractivity contribution in [1.29, 1.82) is 0 Å². The number of aryl methyl sites for hydroxylation is 1. The Morgan fingerprint density at radius 2 is 1.96 bits per heavy atom. The van der Waals surface area contributed by atoms with Crippen molar-refractivity contribution >= 4 is 5.91 Å². The minimum atomic E-state index is 0.0672. The number of likely N-dealkylation sites (tertiary alicyclic amines) is 1. The number of benzene rings is 1. The van der Waals surface area contributed by atoms with Crippen LogP contribution in [-0.4, -0.2) is 45.4 Å². The van der Waals surface area contributed by atoms with Gasteiger partial charge in [0.1, 0.15) is 5.69 Å². The van der Waals surface area contributed by atoms with Crippen molar-refractivity contribution < 1.29 is 18.8 Å². The molecule has 1 fully saturated rings. The van der Waals surface area contributed by atoms with Crippen LogP contribution in [0.3, 0.4) is 0 Å². The number of piperidine rings is 1. The number of hydrogen-bond donors (Lipinski definition) is 0. The molecule has 5 rings (SSSR count). The van der Waals surface area contributed by atoms with E-state index in [4.69, 9.17) is 14.0 Å². The number of nitrogens with zero attached hydrogens (tertiary/aromatic N) is 4. The topological polar surface area (TPSA) is 82.6 Å². The third-order valence-electron chi connectivity index (χ3n) is 5.37. The summed E-state index contributed by atoms with van der Waals surface area (Å²) in [5, 5.41) is 4.13. The molecule has 0 radical (unpaired) electrons. The average Bonchev–Trinajstić information content (AvgIpc) is 3.47. The van der Waals surface area contributed by atoms with Gasteiger partial charge in [0.25, 0.3) is 5.91 Å². The van der Waals surface area contributed by atoms with Crippen LogP contribution >= 0.6 is 0 Å². The SMILES string of the molecule is Cn1cccc1C(=O)N1CCC(c2nc(-c3ccc4c(c3)OCO4)no2)CC1. The van der Waals surface area contributed by atoms with Crippen LogP contribution in [0.5, 0.6) is 11.5 Å². The van der Waals surface area contributed by atoms with E-state index in [0.717, 1.165) is 24.2 Å². The zero-order chi connectivity index (χ0) is 19.1. The van der Waals surface area contributed by atoms with Gasteiger partial charge in [0, 0.05) is 37.8 Å². The van der Waals surface area contributed by atoms with Gasteiger partial charge >= 0.3 is 0 Å². The highest BCUT2D eigenvalue weighted by Crippen LogP contribution is 2.36. The summed E-state index contributed by atoms with van der Waals surface area (Å²) >= 11 is 0. The van der Waals surface area contributed by atoms with E-state index in [0.29, 0.717) is 36.2 Å². The minimum Gasteiger partial charge on any atom is -0.454 e. The maximum atomic E-state index is 12.6. The van der Waals surface area contributed by atoms with Crippen LogP contribution in [0.25, 0.3) is 11.4 Å². The molecule has 1 amide bonds. The molecule has 2 aromatic heterocycles. The quantitative estimate of drug-likeness (QED) is 0.695. The molecular weight excluding hydrogens is 360 g/mol. The lowest BCUT2D eigenvalue weighted by Gasteiger charge is -2.30. The number of carbonyl (C=O) groups is 1. The first kappa shape index (κ1) is 16.9. The Labute approximate surface area is 161 Å². The molecular formula is C20H20N4O4. The van der Waals surface area contributed by atoms with E-state index in [9.17, 15) is 4.79 Å². The van der Waals surface area contributed by atoms with Crippen molar-refractivity contribution in [1.82, 2.24) is 19.6 Å². The lowest BCUT2D eigenvalue weighted by molar-refractivity contribution is 0.0695. The Hall–Kier alpha value is -3.29. The molecule has 0 spiro atoms. The van der Waals surface area contributed by atoms with Gasteiger partial charge < -0.3 is 23.5 Å². The maximum absolute atomic E-state index is 12.6. The predicted molar refractivity (Wildman–Crippen MR) is 99.1 cm³/mol. The van der Waals surface area contributed by atoms with E-state index >= 15 is 0 Å². The zero-order valence-corrected chi connectivity index (χ0v) is 15.5. The number of carbonyl (C=O) groups excluding carboxylic acids is 1. The molecule has 8 heteroatoms. The summed E-state index contributed by atoms with van der Waals surface area (Å²) in [5.74, 6) is 2.80. The number of hydrogen-bond acceptors (Lipinski definition) is 6. The van der Waals surface area contributed by atoms with E-state index in [2.05, 4.69) is 10.1 Å². The molecule has 144 valence electrons. The monoisotopic (exact) mass is 380 g/mol. The van der Waals surface area contributed by atoms with E-state index < -0.39 is 0 Å². The summed E-state index contributed by atoms with van der Waals surface area (Å²) in [5.41, 5.74) is 1.54. The summed E-state index contributed by atoms with van der Waals surface area (Å²) in [6.07, 6.45) is 3.49. The minimum absolute atomic E-state index is 0.0672. The second-order valence-corrected chi connectivity index (χ2v) is 7.10. The highest BCUT2D eigenvalue weighted by Gasteiger charge is 2.29. The van der Waals surface area contributed by atoms with Crippen LogP contribution in [0.15, 0.2) is 41.1 Å². The average molecular weight is 380 g/mol.